The van der Waals surface area contributed by atoms with Gasteiger partial charge in [0, 0.05) is 5.02 Å². The minimum atomic E-state index is -0.361. The second-order valence-corrected chi connectivity index (χ2v) is 5.38. The highest BCUT2D eigenvalue weighted by Crippen LogP contribution is 2.33. The normalized spacial score (nSPS) is 10.3. The van der Waals surface area contributed by atoms with E-state index in [0.717, 1.165) is 0 Å². The van der Waals surface area contributed by atoms with E-state index in [0.29, 0.717) is 33.7 Å². The topological polar surface area (TPSA) is 38.3 Å². The molecule has 0 fully saturated rings. The first-order valence-electron chi connectivity index (χ1n) is 6.20. The van der Waals surface area contributed by atoms with Crippen LogP contribution in [-0.2, 0) is 0 Å². The van der Waals surface area contributed by atoms with Crippen LogP contribution in [0.5, 0.6) is 5.75 Å². The van der Waals surface area contributed by atoms with Gasteiger partial charge in [-0.3, -0.25) is 4.79 Å². The van der Waals surface area contributed by atoms with E-state index in [1.165, 1.54) is 6.07 Å². The molecule has 0 saturated heterocycles. The van der Waals surface area contributed by atoms with Gasteiger partial charge in [0.25, 0.3) is 5.91 Å². The average molecular weight is 345 g/mol. The summed E-state index contributed by atoms with van der Waals surface area (Å²) in [4.78, 5) is 12.3. The first-order chi connectivity index (χ1) is 10.0. The highest BCUT2D eigenvalue weighted by atomic mass is 35.5. The summed E-state index contributed by atoms with van der Waals surface area (Å²) in [5.74, 6) is 0.0694. The quantitative estimate of drug-likeness (QED) is 0.817. The Bertz CT molecular complexity index is 674. The first kappa shape index (κ1) is 16.0. The molecule has 0 radical (unpaired) electrons. The van der Waals surface area contributed by atoms with Crippen molar-refractivity contribution in [3.05, 3.63) is 57.0 Å². The van der Waals surface area contributed by atoms with E-state index in [1.807, 2.05) is 6.92 Å². The van der Waals surface area contributed by atoms with Crippen molar-refractivity contribution in [2.45, 2.75) is 6.92 Å². The summed E-state index contributed by atoms with van der Waals surface area (Å²) in [7, 11) is 0. The lowest BCUT2D eigenvalue weighted by Gasteiger charge is -2.13. The maximum absolute atomic E-state index is 12.3. The van der Waals surface area contributed by atoms with Crippen LogP contribution in [0.15, 0.2) is 36.4 Å². The molecule has 110 valence electrons. The summed E-state index contributed by atoms with van der Waals surface area (Å²) in [6.07, 6.45) is 0. The minimum Gasteiger partial charge on any atom is -0.490 e. The van der Waals surface area contributed by atoms with Crippen LogP contribution in [0.1, 0.15) is 17.3 Å². The Morgan fingerprint density at radius 1 is 1.14 bits per heavy atom. The summed E-state index contributed by atoms with van der Waals surface area (Å²) in [6.45, 7) is 2.28. The molecular formula is C15H12Cl3NO2. The second-order valence-electron chi connectivity index (χ2n) is 4.13. The molecule has 0 heterocycles. The molecule has 1 N–H and O–H groups in total. The third-order valence-corrected chi connectivity index (χ3v) is 3.53. The number of anilines is 1. The molecule has 1 amide bonds. The van der Waals surface area contributed by atoms with Crippen LogP contribution >= 0.6 is 34.8 Å². The molecular weight excluding hydrogens is 333 g/mol. The molecule has 0 aromatic heterocycles. The van der Waals surface area contributed by atoms with E-state index >= 15 is 0 Å². The van der Waals surface area contributed by atoms with Crippen molar-refractivity contribution in [1.29, 1.82) is 0 Å². The van der Waals surface area contributed by atoms with Crippen molar-refractivity contribution in [2.75, 3.05) is 11.9 Å². The molecule has 0 aliphatic rings. The monoisotopic (exact) mass is 343 g/mol. The van der Waals surface area contributed by atoms with Gasteiger partial charge in [0.15, 0.2) is 5.75 Å². The van der Waals surface area contributed by atoms with Crippen LogP contribution in [0, 0.1) is 0 Å². The van der Waals surface area contributed by atoms with Crippen LogP contribution in [0.2, 0.25) is 15.1 Å². The number of amides is 1. The molecule has 2 aromatic rings. The lowest BCUT2D eigenvalue weighted by atomic mass is 10.2. The summed E-state index contributed by atoms with van der Waals surface area (Å²) in [6, 6.07) is 9.80. The van der Waals surface area contributed by atoms with E-state index < -0.39 is 0 Å². The van der Waals surface area contributed by atoms with Crippen LogP contribution < -0.4 is 10.1 Å². The van der Waals surface area contributed by atoms with Gasteiger partial charge in [-0.1, -0.05) is 40.9 Å². The number of carbonyl (C=O) groups excluding carboxylic acids is 1. The molecule has 0 aliphatic heterocycles. The number of rotatable bonds is 4. The zero-order valence-corrected chi connectivity index (χ0v) is 13.4. The lowest BCUT2D eigenvalue weighted by molar-refractivity contribution is 0.102. The van der Waals surface area contributed by atoms with Gasteiger partial charge >= 0.3 is 0 Å². The summed E-state index contributed by atoms with van der Waals surface area (Å²) in [5, 5.41) is 3.91. The zero-order valence-electron chi connectivity index (χ0n) is 11.1. The number of nitrogens with one attached hydrogen (secondary N) is 1. The predicted molar refractivity (Wildman–Crippen MR) is 87.0 cm³/mol. The molecule has 0 aliphatic carbocycles. The molecule has 2 aromatic carbocycles. The smallest absolute Gasteiger partial charge is 0.257 e. The number of halogens is 3. The van der Waals surface area contributed by atoms with E-state index in [1.54, 1.807) is 30.3 Å². The van der Waals surface area contributed by atoms with Crippen molar-refractivity contribution in [2.24, 2.45) is 0 Å². The Kier molecular flexibility index (Phi) is 5.34. The van der Waals surface area contributed by atoms with E-state index in [2.05, 4.69) is 5.32 Å². The van der Waals surface area contributed by atoms with Crippen molar-refractivity contribution >= 4 is 46.4 Å². The van der Waals surface area contributed by atoms with Gasteiger partial charge < -0.3 is 10.1 Å². The summed E-state index contributed by atoms with van der Waals surface area (Å²) >= 11 is 17.9. The van der Waals surface area contributed by atoms with Crippen LogP contribution in [0.3, 0.4) is 0 Å². The van der Waals surface area contributed by atoms with Gasteiger partial charge in [-0.05, 0) is 37.3 Å². The summed E-state index contributed by atoms with van der Waals surface area (Å²) < 4.78 is 5.45. The van der Waals surface area contributed by atoms with Gasteiger partial charge in [-0.2, -0.15) is 0 Å². The molecule has 0 saturated carbocycles. The van der Waals surface area contributed by atoms with Crippen molar-refractivity contribution in [1.82, 2.24) is 0 Å². The second kappa shape index (κ2) is 7.03. The number of hydrogen-bond donors (Lipinski definition) is 1. The molecule has 0 unspecified atom stereocenters. The fraction of sp³-hybridized carbons (Fsp3) is 0.133. The molecule has 0 bridgehead atoms. The largest absolute Gasteiger partial charge is 0.490 e. The number of ether oxygens (including phenoxy) is 1. The zero-order chi connectivity index (χ0) is 15.4. The maximum Gasteiger partial charge on any atom is 0.257 e. The van der Waals surface area contributed by atoms with Gasteiger partial charge in [0.05, 0.1) is 27.9 Å². The standard InChI is InChI=1S/C15H12Cl3NO2/c1-2-21-14-11(17)4-3-5-13(14)19-15(20)10-7-6-9(16)8-12(10)18/h3-8H,2H2,1H3,(H,19,20). The minimum absolute atomic E-state index is 0.278. The van der Waals surface area contributed by atoms with Crippen molar-refractivity contribution in [3.63, 3.8) is 0 Å². The molecule has 2 rings (SSSR count). The molecule has 21 heavy (non-hydrogen) atoms. The number of hydrogen-bond acceptors (Lipinski definition) is 2. The molecule has 3 nitrogen and oxygen atoms in total. The number of benzene rings is 2. The maximum atomic E-state index is 12.3. The van der Waals surface area contributed by atoms with Crippen molar-refractivity contribution in [3.8, 4) is 5.75 Å². The van der Waals surface area contributed by atoms with Crippen LogP contribution in [0.25, 0.3) is 0 Å². The van der Waals surface area contributed by atoms with Gasteiger partial charge in [-0.25, -0.2) is 0 Å². The number of carbonyl (C=O) groups is 1. The van der Waals surface area contributed by atoms with Crippen molar-refractivity contribution < 1.29 is 9.53 Å². The average Bonchev–Trinajstić information content (AvgIpc) is 2.42. The molecule has 6 heteroatoms. The van der Waals surface area contributed by atoms with Gasteiger partial charge in [0.1, 0.15) is 0 Å². The Balaban J connectivity index is 2.29. The van der Waals surface area contributed by atoms with Gasteiger partial charge in [0.2, 0.25) is 0 Å². The first-order valence-corrected chi connectivity index (χ1v) is 7.34. The van der Waals surface area contributed by atoms with Crippen LogP contribution in [-0.4, -0.2) is 12.5 Å². The lowest BCUT2D eigenvalue weighted by Crippen LogP contribution is -2.13. The highest BCUT2D eigenvalue weighted by molar-refractivity contribution is 6.37. The van der Waals surface area contributed by atoms with E-state index in [-0.39, 0.29) is 10.9 Å². The fourth-order valence-corrected chi connectivity index (χ4v) is 2.48. The van der Waals surface area contributed by atoms with Crippen LogP contribution in [0.4, 0.5) is 5.69 Å². The third-order valence-electron chi connectivity index (χ3n) is 2.68. The summed E-state index contributed by atoms with van der Waals surface area (Å²) in [5.41, 5.74) is 0.809. The number of para-hydroxylation sites is 1. The predicted octanol–water partition coefficient (Wildman–Crippen LogP) is 5.30. The SMILES string of the molecule is CCOc1c(Cl)cccc1NC(=O)c1ccc(Cl)cc1Cl. The van der Waals surface area contributed by atoms with E-state index in [4.69, 9.17) is 39.5 Å². The Labute approximate surface area is 137 Å². The Hall–Kier alpha value is -1.42. The molecule has 0 atom stereocenters. The third kappa shape index (κ3) is 3.82. The fourth-order valence-electron chi connectivity index (χ4n) is 1.76. The Morgan fingerprint density at radius 3 is 2.57 bits per heavy atom. The Morgan fingerprint density at radius 2 is 1.90 bits per heavy atom. The van der Waals surface area contributed by atoms with E-state index in [9.17, 15) is 4.79 Å². The molecule has 0 spiro atoms. The van der Waals surface area contributed by atoms with Gasteiger partial charge in [-0.15, -0.1) is 0 Å². The highest BCUT2D eigenvalue weighted by Gasteiger charge is 2.15.